The number of alkyl halides is 3. The summed E-state index contributed by atoms with van der Waals surface area (Å²) >= 11 is 0. The number of nitrogens with one attached hydrogen (secondary N) is 1. The zero-order valence-corrected chi connectivity index (χ0v) is 25.9. The van der Waals surface area contributed by atoms with Gasteiger partial charge in [0, 0.05) is 23.4 Å². The average molecular weight is 671 g/mol. The molecule has 0 bridgehead atoms. The number of rotatable bonds is 12. The zero-order chi connectivity index (χ0) is 34.6. The number of ether oxygens (including phenoxy) is 1. The van der Waals surface area contributed by atoms with Gasteiger partial charge >= 0.3 is 11.9 Å². The summed E-state index contributed by atoms with van der Waals surface area (Å²) in [6.07, 6.45) is -4.52. The number of benzene rings is 3. The summed E-state index contributed by atoms with van der Waals surface area (Å²) in [6, 6.07) is 14.6. The van der Waals surface area contributed by atoms with E-state index in [1.807, 2.05) is 0 Å². The van der Waals surface area contributed by atoms with Gasteiger partial charge in [0.25, 0.3) is 11.5 Å². The van der Waals surface area contributed by atoms with Gasteiger partial charge < -0.3 is 10.1 Å². The second-order valence-electron chi connectivity index (χ2n) is 11.0. The van der Waals surface area contributed by atoms with Crippen LogP contribution in [0.3, 0.4) is 0 Å². The highest BCUT2D eigenvalue weighted by molar-refractivity contribution is 5.79. The summed E-state index contributed by atoms with van der Waals surface area (Å²) in [4.78, 5) is 40.1. The third kappa shape index (κ3) is 7.05. The van der Waals surface area contributed by atoms with E-state index in [9.17, 15) is 27.6 Å². The summed E-state index contributed by atoms with van der Waals surface area (Å²) < 4.78 is 79.3. The number of hydrogen-bond acceptors (Lipinski definition) is 7. The van der Waals surface area contributed by atoms with E-state index in [1.54, 1.807) is 30.3 Å². The van der Waals surface area contributed by atoms with Gasteiger partial charge in [-0.1, -0.05) is 53.8 Å². The highest BCUT2D eigenvalue weighted by Crippen LogP contribution is 2.34. The maximum Gasteiger partial charge on any atom is 0.416 e. The first-order valence-electron chi connectivity index (χ1n) is 14.9. The summed E-state index contributed by atoms with van der Waals surface area (Å²) in [5, 5.41) is 12.0. The fraction of sp³-hybridized carbons (Fsp3) is 0.303. The van der Waals surface area contributed by atoms with Crippen molar-refractivity contribution in [3.05, 3.63) is 122 Å². The molecular weight excluding hydrogens is 639 g/mol. The Morgan fingerprint density at radius 3 is 2.35 bits per heavy atom. The van der Waals surface area contributed by atoms with Crippen molar-refractivity contribution in [2.24, 2.45) is 10.3 Å². The minimum atomic E-state index is -4.95. The van der Waals surface area contributed by atoms with Gasteiger partial charge in [-0.05, 0) is 43.7 Å². The molecule has 1 atom stereocenters. The molecule has 5 rings (SSSR count). The van der Waals surface area contributed by atoms with Gasteiger partial charge in [-0.15, -0.1) is 0 Å². The molecular formula is C33H31F5N6O4. The number of hydrogen-bond donors (Lipinski definition) is 1. The number of amides is 1. The van der Waals surface area contributed by atoms with E-state index in [4.69, 9.17) is 4.74 Å². The van der Waals surface area contributed by atoms with Crippen LogP contribution in [0.25, 0.3) is 11.1 Å². The normalized spacial score (nSPS) is 13.7. The van der Waals surface area contributed by atoms with E-state index >= 15 is 8.78 Å². The van der Waals surface area contributed by atoms with Crippen LogP contribution >= 0.6 is 0 Å². The lowest BCUT2D eigenvalue weighted by molar-refractivity contribution is -0.138. The predicted molar refractivity (Wildman–Crippen MR) is 165 cm³/mol. The zero-order valence-electron chi connectivity index (χ0n) is 25.9. The summed E-state index contributed by atoms with van der Waals surface area (Å²) in [5.74, 6) is -2.58. The highest BCUT2D eigenvalue weighted by Gasteiger charge is 2.35. The van der Waals surface area contributed by atoms with E-state index in [-0.39, 0.29) is 48.1 Å². The molecule has 0 saturated carbocycles. The fourth-order valence-corrected chi connectivity index (χ4v) is 5.59. The van der Waals surface area contributed by atoms with Crippen molar-refractivity contribution in [2.75, 3.05) is 26.7 Å². The maximum absolute atomic E-state index is 15.7. The lowest BCUT2D eigenvalue weighted by Gasteiger charge is -2.24. The van der Waals surface area contributed by atoms with Crippen molar-refractivity contribution in [2.45, 2.75) is 38.7 Å². The van der Waals surface area contributed by atoms with Gasteiger partial charge in [0.2, 0.25) is 0 Å². The van der Waals surface area contributed by atoms with E-state index in [1.165, 1.54) is 37.2 Å². The van der Waals surface area contributed by atoms with Crippen LogP contribution in [-0.4, -0.2) is 46.8 Å². The van der Waals surface area contributed by atoms with Crippen molar-refractivity contribution in [3.8, 4) is 16.9 Å². The molecule has 2 heterocycles. The Hall–Kier alpha value is -5.18. The van der Waals surface area contributed by atoms with Crippen LogP contribution in [0.1, 0.15) is 34.8 Å². The van der Waals surface area contributed by atoms with Crippen LogP contribution in [0.4, 0.5) is 22.0 Å². The van der Waals surface area contributed by atoms with Crippen LogP contribution in [0.5, 0.6) is 5.75 Å². The predicted octanol–water partition coefficient (Wildman–Crippen LogP) is 5.27. The van der Waals surface area contributed by atoms with Crippen LogP contribution in [0, 0.1) is 18.6 Å². The summed E-state index contributed by atoms with van der Waals surface area (Å²) in [6.45, 7) is 0.599. The first-order valence-corrected chi connectivity index (χ1v) is 14.9. The van der Waals surface area contributed by atoms with Crippen molar-refractivity contribution >= 4 is 5.91 Å². The lowest BCUT2D eigenvalue weighted by Crippen LogP contribution is -2.45. The third-order valence-corrected chi connectivity index (χ3v) is 8.05. The van der Waals surface area contributed by atoms with Gasteiger partial charge in [0.1, 0.15) is 12.4 Å². The first kappa shape index (κ1) is 34.2. The van der Waals surface area contributed by atoms with Gasteiger partial charge in [-0.25, -0.2) is 18.6 Å². The number of halogens is 5. The quantitative estimate of drug-likeness (QED) is 0.163. The molecule has 0 fully saturated rings. The maximum atomic E-state index is 15.7. The van der Waals surface area contributed by atoms with Gasteiger partial charge in [0.05, 0.1) is 37.4 Å². The summed E-state index contributed by atoms with van der Waals surface area (Å²) in [5.41, 5.74) is -4.10. The number of carbonyl (C=O) groups is 1. The van der Waals surface area contributed by atoms with Gasteiger partial charge in [-0.3, -0.25) is 18.7 Å². The molecule has 1 amide bonds. The molecule has 1 aliphatic heterocycles. The van der Waals surface area contributed by atoms with Crippen molar-refractivity contribution in [3.63, 3.8) is 0 Å². The average Bonchev–Trinajstić information content (AvgIpc) is 3.47. The Balaban J connectivity index is 1.63. The molecule has 0 saturated heterocycles. The second-order valence-corrected chi connectivity index (χ2v) is 11.0. The third-order valence-electron chi connectivity index (χ3n) is 8.05. The minimum Gasteiger partial charge on any atom is -0.494 e. The lowest BCUT2D eigenvalue weighted by atomic mass is 10.0. The molecule has 10 nitrogen and oxygen atoms in total. The van der Waals surface area contributed by atoms with Crippen LogP contribution in [-0.2, 0) is 24.1 Å². The molecule has 0 spiro atoms. The Morgan fingerprint density at radius 1 is 0.958 bits per heavy atom. The minimum absolute atomic E-state index is 0.0315. The molecule has 1 aliphatic rings. The number of methoxy groups -OCH3 is 1. The summed E-state index contributed by atoms with van der Waals surface area (Å²) in [7, 11) is 1.23. The van der Waals surface area contributed by atoms with Gasteiger partial charge in [0.15, 0.2) is 11.6 Å². The monoisotopic (exact) mass is 670 g/mol. The molecule has 252 valence electrons. The second kappa shape index (κ2) is 14.3. The van der Waals surface area contributed by atoms with E-state index in [2.05, 4.69) is 15.7 Å². The number of nitrogens with zero attached hydrogens (tertiary/aromatic N) is 5. The first-order chi connectivity index (χ1) is 22.9. The molecule has 3 aromatic carbocycles. The Kier molecular flexibility index (Phi) is 10.2. The number of aromatic nitrogens is 2. The molecule has 0 unspecified atom stereocenters. The highest BCUT2D eigenvalue weighted by atomic mass is 19.4. The van der Waals surface area contributed by atoms with Crippen molar-refractivity contribution in [1.29, 1.82) is 0 Å². The van der Waals surface area contributed by atoms with Crippen molar-refractivity contribution in [1.82, 2.24) is 19.5 Å². The van der Waals surface area contributed by atoms with Gasteiger partial charge in [-0.2, -0.15) is 18.3 Å². The Morgan fingerprint density at radius 2 is 1.69 bits per heavy atom. The molecule has 1 aromatic heterocycles. The largest absolute Gasteiger partial charge is 0.494 e. The molecule has 0 aliphatic carbocycles. The topological polar surface area (TPSA) is 110 Å². The molecule has 4 aromatic rings. The smallest absolute Gasteiger partial charge is 0.416 e. The van der Waals surface area contributed by atoms with E-state index < -0.39 is 52.8 Å². The SMILES string of the molecule is COc1cccc(-c2c(C)n(Cc3c(F)cccc3C(F)(F)F)c(=O)n(C[C@H](NCCCN3N=NCC3=O)c3ccccc3)c2=O)c1F. The Labute approximate surface area is 271 Å². The molecule has 48 heavy (non-hydrogen) atoms. The standard InChI is InChI=1S/C33H31F5N6O4/c1-20-29(22-11-6-14-27(48-2)30(22)35)31(46)43(32(47)42(20)18-23-24(33(36,37)38)12-7-13-25(23)34)19-26(21-9-4-3-5-10-21)39-15-8-16-44-28(45)17-40-41-44/h3-7,9-14,26,39H,8,15-19H2,1-2H3/t26-/m0/s1. The van der Waals surface area contributed by atoms with Crippen LogP contribution in [0.15, 0.2) is 86.7 Å². The molecule has 15 heteroatoms. The molecule has 1 N–H and O–H groups in total. The van der Waals surface area contributed by atoms with Crippen LogP contribution in [0.2, 0.25) is 0 Å². The fourth-order valence-electron chi connectivity index (χ4n) is 5.59. The van der Waals surface area contributed by atoms with Crippen LogP contribution < -0.4 is 21.3 Å². The van der Waals surface area contributed by atoms with E-state index in [0.717, 1.165) is 21.3 Å². The van der Waals surface area contributed by atoms with Crippen molar-refractivity contribution < 1.29 is 31.5 Å². The number of carbonyl (C=O) groups excluding carboxylic acids is 1. The van der Waals surface area contributed by atoms with E-state index in [0.29, 0.717) is 24.6 Å². The molecule has 0 radical (unpaired) electrons. The Bertz CT molecular complexity index is 1960.